The van der Waals surface area contributed by atoms with Gasteiger partial charge in [-0.05, 0) is 30.9 Å². The van der Waals surface area contributed by atoms with Crippen LogP contribution in [0, 0.1) is 5.41 Å². The molecule has 16 heavy (non-hydrogen) atoms. The van der Waals surface area contributed by atoms with E-state index in [4.69, 9.17) is 11.1 Å². The summed E-state index contributed by atoms with van der Waals surface area (Å²) in [5.41, 5.74) is 8.32. The number of amidine groups is 1. The summed E-state index contributed by atoms with van der Waals surface area (Å²) in [7, 11) is 0. The second kappa shape index (κ2) is 4.56. The van der Waals surface area contributed by atoms with Crippen LogP contribution in [0.15, 0.2) is 24.3 Å². The number of nitrogens with one attached hydrogen (secondary N) is 1. The molecule has 0 radical (unpaired) electrons. The molecule has 0 saturated heterocycles. The lowest BCUT2D eigenvalue weighted by molar-refractivity contribution is 0.630. The summed E-state index contributed by atoms with van der Waals surface area (Å²) < 4.78 is 0. The van der Waals surface area contributed by atoms with Crippen molar-refractivity contribution < 1.29 is 0 Å². The molecule has 2 rings (SSSR count). The predicted molar refractivity (Wildman–Crippen MR) is 68.1 cm³/mol. The van der Waals surface area contributed by atoms with Crippen molar-refractivity contribution in [2.24, 2.45) is 5.73 Å². The molecule has 0 bridgehead atoms. The molecule has 0 aliphatic carbocycles. The van der Waals surface area contributed by atoms with Gasteiger partial charge in [-0.25, -0.2) is 0 Å². The number of rotatable bonds is 3. The van der Waals surface area contributed by atoms with Crippen LogP contribution in [0.4, 0.5) is 5.69 Å². The molecule has 86 valence electrons. The van der Waals surface area contributed by atoms with Gasteiger partial charge in [-0.3, -0.25) is 5.41 Å². The Morgan fingerprint density at radius 1 is 1.50 bits per heavy atom. The highest BCUT2D eigenvalue weighted by molar-refractivity contribution is 5.86. The number of anilines is 1. The zero-order valence-electron chi connectivity index (χ0n) is 9.74. The first-order chi connectivity index (χ1) is 7.74. The Balaban J connectivity index is 2.34. The minimum atomic E-state index is 0.0569. The van der Waals surface area contributed by atoms with Gasteiger partial charge in [0.15, 0.2) is 0 Å². The zero-order valence-corrected chi connectivity index (χ0v) is 9.74. The maximum Gasteiger partial charge on any atom is 0.114 e. The number of aryl methyl sites for hydroxylation is 1. The van der Waals surface area contributed by atoms with Gasteiger partial charge in [0.1, 0.15) is 5.84 Å². The van der Waals surface area contributed by atoms with Gasteiger partial charge in [0, 0.05) is 12.2 Å². The Morgan fingerprint density at radius 2 is 2.25 bits per heavy atom. The Morgan fingerprint density at radius 3 is 2.94 bits per heavy atom. The molecule has 1 atom stereocenters. The fourth-order valence-corrected chi connectivity index (χ4v) is 2.49. The first-order valence-corrected chi connectivity index (χ1v) is 5.92. The van der Waals surface area contributed by atoms with E-state index in [0.29, 0.717) is 0 Å². The van der Waals surface area contributed by atoms with Gasteiger partial charge in [-0.2, -0.15) is 0 Å². The lowest BCUT2D eigenvalue weighted by atomic mass is 9.99. The topological polar surface area (TPSA) is 53.1 Å². The van der Waals surface area contributed by atoms with Crippen LogP contribution in [0.25, 0.3) is 0 Å². The fourth-order valence-electron chi connectivity index (χ4n) is 2.49. The van der Waals surface area contributed by atoms with E-state index in [1.807, 2.05) is 0 Å². The Labute approximate surface area is 96.8 Å². The minimum Gasteiger partial charge on any atom is -0.386 e. The smallest absolute Gasteiger partial charge is 0.114 e. The van der Waals surface area contributed by atoms with E-state index in [2.05, 4.69) is 36.1 Å². The van der Waals surface area contributed by atoms with E-state index in [-0.39, 0.29) is 11.9 Å². The molecule has 1 heterocycles. The summed E-state index contributed by atoms with van der Waals surface area (Å²) >= 11 is 0. The van der Waals surface area contributed by atoms with Crippen molar-refractivity contribution in [1.29, 1.82) is 5.41 Å². The summed E-state index contributed by atoms with van der Waals surface area (Å²) in [6, 6.07) is 8.51. The normalized spacial score (nSPS) is 16.7. The van der Waals surface area contributed by atoms with Crippen molar-refractivity contribution >= 4 is 11.5 Å². The number of benzene rings is 1. The van der Waals surface area contributed by atoms with Gasteiger partial charge >= 0.3 is 0 Å². The molecule has 3 heteroatoms. The van der Waals surface area contributed by atoms with Gasteiger partial charge in [-0.15, -0.1) is 0 Å². The molecule has 3 nitrogen and oxygen atoms in total. The molecule has 0 aromatic heterocycles. The molecule has 0 spiro atoms. The molecule has 0 amide bonds. The summed E-state index contributed by atoms with van der Waals surface area (Å²) in [6.45, 7) is 3.10. The van der Waals surface area contributed by atoms with Crippen molar-refractivity contribution in [1.82, 2.24) is 0 Å². The second-order valence-corrected chi connectivity index (χ2v) is 4.31. The highest BCUT2D eigenvalue weighted by Crippen LogP contribution is 2.28. The number of fused-ring (bicyclic) bond motifs is 1. The Hall–Kier alpha value is -1.51. The lowest BCUT2D eigenvalue weighted by Crippen LogP contribution is -2.46. The monoisotopic (exact) mass is 217 g/mol. The summed E-state index contributed by atoms with van der Waals surface area (Å²) in [4.78, 5) is 2.28. The Kier molecular flexibility index (Phi) is 3.13. The number of nitrogens with two attached hydrogens (primary N) is 1. The molecule has 1 aliphatic rings. The largest absolute Gasteiger partial charge is 0.386 e. The number of nitrogens with zero attached hydrogens (tertiary/aromatic N) is 1. The van der Waals surface area contributed by atoms with E-state index in [1.54, 1.807) is 0 Å². The average Bonchev–Trinajstić information content (AvgIpc) is 2.30. The zero-order chi connectivity index (χ0) is 11.5. The van der Waals surface area contributed by atoms with Crippen LogP contribution < -0.4 is 10.6 Å². The molecule has 0 saturated carbocycles. The molecule has 0 fully saturated rings. The third-order valence-corrected chi connectivity index (χ3v) is 3.27. The number of para-hydroxylation sites is 1. The molecule has 1 aromatic rings. The van der Waals surface area contributed by atoms with E-state index >= 15 is 0 Å². The van der Waals surface area contributed by atoms with Crippen molar-refractivity contribution in [2.45, 2.75) is 32.2 Å². The van der Waals surface area contributed by atoms with Crippen molar-refractivity contribution in [3.63, 3.8) is 0 Å². The average molecular weight is 217 g/mol. The standard InChI is InChI=1S/C13H19N3/c1-2-11(13(14)15)16-9-5-7-10-6-3-4-8-12(10)16/h3-4,6,8,11H,2,5,7,9H2,1H3,(H3,14,15). The quantitative estimate of drug-likeness (QED) is 0.602. The fraction of sp³-hybridized carbons (Fsp3) is 0.462. The van der Waals surface area contributed by atoms with Crippen LogP contribution in [0.3, 0.4) is 0 Å². The molecule has 1 aromatic carbocycles. The SMILES string of the molecule is CCC(C(=N)N)N1CCCc2ccccc21. The summed E-state index contributed by atoms with van der Waals surface area (Å²) in [5, 5.41) is 7.67. The second-order valence-electron chi connectivity index (χ2n) is 4.31. The summed E-state index contributed by atoms with van der Waals surface area (Å²) in [6.07, 6.45) is 3.19. The molecular formula is C13H19N3. The number of hydrogen-bond acceptors (Lipinski definition) is 2. The lowest BCUT2D eigenvalue weighted by Gasteiger charge is -2.37. The third kappa shape index (κ3) is 1.90. The van der Waals surface area contributed by atoms with E-state index in [1.165, 1.54) is 11.3 Å². The molecule has 3 N–H and O–H groups in total. The predicted octanol–water partition coefficient (Wildman–Crippen LogP) is 2.15. The van der Waals surface area contributed by atoms with Crippen LogP contribution in [-0.4, -0.2) is 18.4 Å². The van der Waals surface area contributed by atoms with Gasteiger partial charge in [0.2, 0.25) is 0 Å². The van der Waals surface area contributed by atoms with Gasteiger partial charge in [0.05, 0.1) is 6.04 Å². The van der Waals surface area contributed by atoms with Crippen molar-refractivity contribution in [2.75, 3.05) is 11.4 Å². The van der Waals surface area contributed by atoms with Gasteiger partial charge in [0.25, 0.3) is 0 Å². The van der Waals surface area contributed by atoms with E-state index in [9.17, 15) is 0 Å². The third-order valence-electron chi connectivity index (χ3n) is 3.27. The Bertz CT molecular complexity index is 387. The maximum atomic E-state index is 7.67. The van der Waals surface area contributed by atoms with E-state index < -0.39 is 0 Å². The number of hydrogen-bond donors (Lipinski definition) is 2. The summed E-state index contributed by atoms with van der Waals surface area (Å²) in [5.74, 6) is 0.277. The first-order valence-electron chi connectivity index (χ1n) is 5.92. The minimum absolute atomic E-state index is 0.0569. The van der Waals surface area contributed by atoms with Crippen molar-refractivity contribution in [3.05, 3.63) is 29.8 Å². The highest BCUT2D eigenvalue weighted by atomic mass is 15.2. The van der Waals surface area contributed by atoms with Gasteiger partial charge in [-0.1, -0.05) is 25.1 Å². The van der Waals surface area contributed by atoms with Gasteiger partial charge < -0.3 is 10.6 Å². The van der Waals surface area contributed by atoms with Crippen LogP contribution in [-0.2, 0) is 6.42 Å². The molecule has 1 unspecified atom stereocenters. The van der Waals surface area contributed by atoms with Crippen LogP contribution in [0.2, 0.25) is 0 Å². The first kappa shape index (κ1) is 11.0. The van der Waals surface area contributed by atoms with E-state index in [0.717, 1.165) is 25.8 Å². The van der Waals surface area contributed by atoms with Crippen LogP contribution >= 0.6 is 0 Å². The van der Waals surface area contributed by atoms with Crippen molar-refractivity contribution in [3.8, 4) is 0 Å². The molecule has 1 aliphatic heterocycles. The van der Waals surface area contributed by atoms with Crippen LogP contribution in [0.1, 0.15) is 25.3 Å². The van der Waals surface area contributed by atoms with Crippen LogP contribution in [0.5, 0.6) is 0 Å². The highest BCUT2D eigenvalue weighted by Gasteiger charge is 2.24. The molecular weight excluding hydrogens is 198 g/mol. The maximum absolute atomic E-state index is 7.67.